The summed E-state index contributed by atoms with van der Waals surface area (Å²) in [6, 6.07) is 6.36. The molecule has 0 aliphatic rings. The summed E-state index contributed by atoms with van der Waals surface area (Å²) in [6.45, 7) is 0.264. The molecule has 0 unspecified atom stereocenters. The molecule has 0 fully saturated rings. The molecule has 11 heteroatoms. The Morgan fingerprint density at radius 3 is 2.48 bits per heavy atom. The van der Waals surface area contributed by atoms with Crippen LogP contribution in [0.15, 0.2) is 36.5 Å². The van der Waals surface area contributed by atoms with Crippen LogP contribution in [0.1, 0.15) is 21.7 Å². The molecule has 0 atom stereocenters. The van der Waals surface area contributed by atoms with Crippen LogP contribution in [0.2, 0.25) is 5.02 Å². The van der Waals surface area contributed by atoms with Gasteiger partial charge in [0.1, 0.15) is 16.5 Å². The first kappa shape index (κ1) is 18.9. The number of alkyl halides is 3. The molecule has 0 saturated carbocycles. The SMILES string of the molecule is Cn1nc(C(F)(F)F)cc1C(=O)Nc1nn(Cc2ccc(F)cc2)cc1Cl. The van der Waals surface area contributed by atoms with Crippen LogP contribution in [-0.2, 0) is 19.8 Å². The zero-order chi connectivity index (χ0) is 19.8. The Bertz CT molecular complexity index is 978. The Labute approximate surface area is 155 Å². The number of aromatic nitrogens is 4. The maximum atomic E-state index is 12.9. The molecule has 0 spiro atoms. The van der Waals surface area contributed by atoms with Crippen LogP contribution in [0.4, 0.5) is 23.4 Å². The fourth-order valence-electron chi connectivity index (χ4n) is 2.33. The van der Waals surface area contributed by atoms with E-state index in [2.05, 4.69) is 15.5 Å². The molecule has 0 aliphatic carbocycles. The summed E-state index contributed by atoms with van der Waals surface area (Å²) in [5.41, 5.74) is -0.732. The number of benzene rings is 1. The third-order valence-electron chi connectivity index (χ3n) is 3.61. The molecule has 2 aromatic heterocycles. The van der Waals surface area contributed by atoms with Crippen LogP contribution in [-0.4, -0.2) is 25.5 Å². The molecule has 6 nitrogen and oxygen atoms in total. The number of hydrogen-bond acceptors (Lipinski definition) is 3. The van der Waals surface area contributed by atoms with E-state index in [0.29, 0.717) is 6.07 Å². The topological polar surface area (TPSA) is 64.7 Å². The molecular weight excluding hydrogens is 390 g/mol. The first-order valence-electron chi connectivity index (χ1n) is 7.53. The standard InChI is InChI=1S/C16H12ClF4N5O/c1-25-12(6-13(23-25)16(19,20)21)15(27)22-14-11(17)8-26(24-14)7-9-2-4-10(18)5-3-9/h2-6,8H,7H2,1H3,(H,22,24,27). The lowest BCUT2D eigenvalue weighted by molar-refractivity contribution is -0.141. The van der Waals surface area contributed by atoms with Gasteiger partial charge >= 0.3 is 6.18 Å². The third-order valence-corrected chi connectivity index (χ3v) is 3.89. The van der Waals surface area contributed by atoms with E-state index in [9.17, 15) is 22.4 Å². The summed E-state index contributed by atoms with van der Waals surface area (Å²) >= 11 is 6.03. The molecule has 3 aromatic rings. The molecule has 27 heavy (non-hydrogen) atoms. The molecule has 3 rings (SSSR count). The second-order valence-corrected chi connectivity index (χ2v) is 6.05. The molecule has 1 amide bonds. The van der Waals surface area contributed by atoms with E-state index in [0.717, 1.165) is 10.2 Å². The maximum absolute atomic E-state index is 12.9. The highest BCUT2D eigenvalue weighted by Gasteiger charge is 2.35. The quantitative estimate of drug-likeness (QED) is 0.677. The number of carbonyl (C=O) groups is 1. The van der Waals surface area contributed by atoms with E-state index in [-0.39, 0.29) is 28.9 Å². The molecule has 142 valence electrons. The van der Waals surface area contributed by atoms with Crippen molar-refractivity contribution in [1.82, 2.24) is 19.6 Å². The van der Waals surface area contributed by atoms with Crippen molar-refractivity contribution in [2.45, 2.75) is 12.7 Å². The first-order chi connectivity index (χ1) is 12.6. The first-order valence-corrected chi connectivity index (χ1v) is 7.91. The minimum absolute atomic E-state index is 0.0152. The second kappa shape index (κ2) is 7.03. The van der Waals surface area contributed by atoms with Gasteiger partial charge in [-0.1, -0.05) is 23.7 Å². The van der Waals surface area contributed by atoms with E-state index in [1.54, 1.807) is 12.1 Å². The molecule has 0 aliphatic heterocycles. The fourth-order valence-corrected chi connectivity index (χ4v) is 2.53. The highest BCUT2D eigenvalue weighted by molar-refractivity contribution is 6.33. The number of anilines is 1. The average Bonchev–Trinajstić information content (AvgIpc) is 3.12. The van der Waals surface area contributed by atoms with E-state index >= 15 is 0 Å². The number of amides is 1. The zero-order valence-corrected chi connectivity index (χ0v) is 14.5. The van der Waals surface area contributed by atoms with E-state index < -0.39 is 17.8 Å². The summed E-state index contributed by atoms with van der Waals surface area (Å²) in [7, 11) is 1.22. The van der Waals surface area contributed by atoms with Gasteiger partial charge in [-0.05, 0) is 17.7 Å². The van der Waals surface area contributed by atoms with Crippen molar-refractivity contribution in [1.29, 1.82) is 0 Å². The van der Waals surface area contributed by atoms with Gasteiger partial charge in [0.15, 0.2) is 11.5 Å². The highest BCUT2D eigenvalue weighted by atomic mass is 35.5. The predicted molar refractivity (Wildman–Crippen MR) is 88.9 cm³/mol. The lowest BCUT2D eigenvalue weighted by atomic mass is 10.2. The minimum atomic E-state index is -4.66. The van der Waals surface area contributed by atoms with Crippen molar-refractivity contribution in [2.75, 3.05) is 5.32 Å². The van der Waals surface area contributed by atoms with Gasteiger partial charge in [-0.15, -0.1) is 0 Å². The Hall–Kier alpha value is -2.88. The molecular formula is C16H12ClF4N5O. The number of nitrogens with one attached hydrogen (secondary N) is 1. The number of rotatable bonds is 4. The molecule has 1 N–H and O–H groups in total. The molecule has 2 heterocycles. The molecule has 0 bridgehead atoms. The summed E-state index contributed by atoms with van der Waals surface area (Å²) in [5, 5.41) is 9.82. The molecule has 1 aromatic carbocycles. The fraction of sp³-hybridized carbons (Fsp3) is 0.188. The lowest BCUT2D eigenvalue weighted by Crippen LogP contribution is -2.16. The van der Waals surface area contributed by atoms with E-state index in [1.807, 2.05) is 0 Å². The monoisotopic (exact) mass is 401 g/mol. The van der Waals surface area contributed by atoms with Gasteiger partial charge in [0.2, 0.25) is 0 Å². The summed E-state index contributed by atoms with van der Waals surface area (Å²) < 4.78 is 53.3. The average molecular weight is 402 g/mol. The van der Waals surface area contributed by atoms with E-state index in [1.165, 1.54) is 30.1 Å². The van der Waals surface area contributed by atoms with Gasteiger partial charge in [-0.2, -0.15) is 23.4 Å². The van der Waals surface area contributed by atoms with Crippen LogP contribution in [0, 0.1) is 5.82 Å². The van der Waals surface area contributed by atoms with Crippen LogP contribution in [0.3, 0.4) is 0 Å². The number of hydrogen-bond donors (Lipinski definition) is 1. The van der Waals surface area contributed by atoms with Crippen molar-refractivity contribution in [3.8, 4) is 0 Å². The summed E-state index contributed by atoms with van der Waals surface area (Å²) in [6.07, 6.45) is -3.23. The van der Waals surface area contributed by atoms with Crippen molar-refractivity contribution < 1.29 is 22.4 Å². The number of aryl methyl sites for hydroxylation is 1. The van der Waals surface area contributed by atoms with Gasteiger partial charge in [0, 0.05) is 19.3 Å². The van der Waals surface area contributed by atoms with Gasteiger partial charge < -0.3 is 5.32 Å². The third kappa shape index (κ3) is 4.27. The van der Waals surface area contributed by atoms with Gasteiger partial charge in [0.05, 0.1) is 6.54 Å². The molecule has 0 saturated heterocycles. The van der Waals surface area contributed by atoms with Crippen molar-refractivity contribution >= 4 is 23.3 Å². The number of carbonyl (C=O) groups excluding carboxylic acids is 1. The van der Waals surface area contributed by atoms with Gasteiger partial charge in [0.25, 0.3) is 5.91 Å². The Balaban J connectivity index is 1.76. The maximum Gasteiger partial charge on any atom is 0.435 e. The van der Waals surface area contributed by atoms with Crippen molar-refractivity contribution in [3.05, 3.63) is 64.3 Å². The van der Waals surface area contributed by atoms with Crippen LogP contribution in [0.5, 0.6) is 0 Å². The van der Waals surface area contributed by atoms with Crippen molar-refractivity contribution in [3.63, 3.8) is 0 Å². The van der Waals surface area contributed by atoms with Gasteiger partial charge in [-0.3, -0.25) is 14.2 Å². The Kier molecular flexibility index (Phi) is 4.92. The second-order valence-electron chi connectivity index (χ2n) is 5.64. The largest absolute Gasteiger partial charge is 0.435 e. The minimum Gasteiger partial charge on any atom is -0.302 e. The summed E-state index contributed by atoms with van der Waals surface area (Å²) in [5.74, 6) is -1.23. The Morgan fingerprint density at radius 2 is 1.89 bits per heavy atom. The van der Waals surface area contributed by atoms with Crippen LogP contribution >= 0.6 is 11.6 Å². The van der Waals surface area contributed by atoms with Gasteiger partial charge in [-0.25, -0.2) is 4.39 Å². The number of halogens is 5. The normalized spacial score (nSPS) is 11.6. The van der Waals surface area contributed by atoms with E-state index in [4.69, 9.17) is 11.6 Å². The highest BCUT2D eigenvalue weighted by Crippen LogP contribution is 2.29. The number of nitrogens with zero attached hydrogens (tertiary/aromatic N) is 4. The Morgan fingerprint density at radius 1 is 1.22 bits per heavy atom. The van der Waals surface area contributed by atoms with Crippen molar-refractivity contribution in [2.24, 2.45) is 7.05 Å². The van der Waals surface area contributed by atoms with Crippen LogP contribution in [0.25, 0.3) is 0 Å². The summed E-state index contributed by atoms with van der Waals surface area (Å²) in [4.78, 5) is 12.2. The zero-order valence-electron chi connectivity index (χ0n) is 13.8. The predicted octanol–water partition coefficient (Wildman–Crippen LogP) is 3.73. The smallest absolute Gasteiger partial charge is 0.302 e. The van der Waals surface area contributed by atoms with Crippen LogP contribution < -0.4 is 5.32 Å². The molecule has 0 radical (unpaired) electrons. The lowest BCUT2D eigenvalue weighted by Gasteiger charge is -2.03.